The maximum Gasteiger partial charge on any atom is 0.171 e. The maximum atomic E-state index is 13.3. The zero-order valence-corrected chi connectivity index (χ0v) is 7.94. The molecule has 0 amide bonds. The summed E-state index contributed by atoms with van der Waals surface area (Å²) in [5.74, 6) is -1.53. The normalized spacial score (nSPS) is 10.9. The van der Waals surface area contributed by atoms with Gasteiger partial charge in [-0.25, -0.2) is 18.7 Å². The molecule has 0 aliphatic rings. The Kier molecular flexibility index (Phi) is 2.07. The molecule has 0 saturated carbocycles. The van der Waals surface area contributed by atoms with Crippen LogP contribution in [0.5, 0.6) is 0 Å². The smallest absolute Gasteiger partial charge is 0.171 e. The van der Waals surface area contributed by atoms with Crippen LogP contribution in [0.15, 0.2) is 12.1 Å². The van der Waals surface area contributed by atoms with Crippen LogP contribution in [-0.2, 0) is 0 Å². The Morgan fingerprint density at radius 1 is 1.21 bits per heavy atom. The van der Waals surface area contributed by atoms with E-state index in [1.54, 1.807) is 6.92 Å². The minimum atomic E-state index is -1.01. The minimum Gasteiger partial charge on any atom is -0.233 e. The highest BCUT2D eigenvalue weighted by atomic mass is 35.5. The largest absolute Gasteiger partial charge is 0.233 e. The molecule has 1 aromatic carbocycles. The second kappa shape index (κ2) is 3.13. The molecule has 0 N–H and O–H groups in total. The lowest BCUT2D eigenvalue weighted by Gasteiger charge is -2.02. The summed E-state index contributed by atoms with van der Waals surface area (Å²) < 4.78 is 26.1. The van der Waals surface area contributed by atoms with E-state index in [0.29, 0.717) is 11.3 Å². The highest BCUT2D eigenvalue weighted by Crippen LogP contribution is 2.24. The first-order valence-electron chi connectivity index (χ1n) is 3.87. The Bertz CT molecular complexity index is 514. The van der Waals surface area contributed by atoms with Crippen LogP contribution in [0, 0.1) is 18.6 Å². The van der Waals surface area contributed by atoms with Crippen molar-refractivity contribution < 1.29 is 8.78 Å². The van der Waals surface area contributed by atoms with Gasteiger partial charge in [-0.05, 0) is 19.1 Å². The van der Waals surface area contributed by atoms with E-state index in [9.17, 15) is 8.78 Å². The summed E-state index contributed by atoms with van der Waals surface area (Å²) >= 11 is 5.68. The van der Waals surface area contributed by atoms with E-state index in [4.69, 9.17) is 11.6 Å². The minimum absolute atomic E-state index is 0.0653. The Morgan fingerprint density at radius 3 is 2.64 bits per heavy atom. The monoisotopic (exact) mass is 214 g/mol. The second-order valence-corrected chi connectivity index (χ2v) is 3.18. The first kappa shape index (κ1) is 9.27. The van der Waals surface area contributed by atoms with Crippen LogP contribution in [0.3, 0.4) is 0 Å². The lowest BCUT2D eigenvalue weighted by Crippen LogP contribution is -1.94. The SMILES string of the molecule is Cc1nc(Cl)c2c(F)c(F)ccc2n1. The van der Waals surface area contributed by atoms with E-state index in [2.05, 4.69) is 9.97 Å². The zero-order valence-electron chi connectivity index (χ0n) is 7.18. The average molecular weight is 215 g/mol. The van der Waals surface area contributed by atoms with Crippen molar-refractivity contribution in [1.29, 1.82) is 0 Å². The van der Waals surface area contributed by atoms with Gasteiger partial charge in [-0.1, -0.05) is 11.6 Å². The summed E-state index contributed by atoms with van der Waals surface area (Å²) in [6.07, 6.45) is 0. The third-order valence-corrected chi connectivity index (χ3v) is 2.09. The fourth-order valence-electron chi connectivity index (χ4n) is 1.23. The third kappa shape index (κ3) is 1.32. The molecule has 72 valence electrons. The summed E-state index contributed by atoms with van der Waals surface area (Å²) in [6.45, 7) is 1.63. The average Bonchev–Trinajstić information content (AvgIpc) is 2.10. The van der Waals surface area contributed by atoms with Gasteiger partial charge in [-0.2, -0.15) is 0 Å². The summed E-state index contributed by atoms with van der Waals surface area (Å²) in [5, 5.41) is -0.137. The first-order chi connectivity index (χ1) is 6.59. The molecule has 0 fully saturated rings. The molecular formula is C9H5ClF2N2. The van der Waals surface area contributed by atoms with Crippen LogP contribution < -0.4 is 0 Å². The number of aromatic nitrogens is 2. The van der Waals surface area contributed by atoms with Crippen LogP contribution >= 0.6 is 11.6 Å². The molecule has 1 heterocycles. The number of aryl methyl sites for hydroxylation is 1. The molecule has 0 radical (unpaired) electrons. The molecule has 1 aromatic heterocycles. The van der Waals surface area contributed by atoms with Gasteiger partial charge in [0.1, 0.15) is 11.0 Å². The molecule has 2 rings (SSSR count). The third-order valence-electron chi connectivity index (χ3n) is 1.82. The number of hydrogen-bond donors (Lipinski definition) is 0. The van der Waals surface area contributed by atoms with E-state index in [1.165, 1.54) is 6.07 Å². The van der Waals surface area contributed by atoms with Crippen LogP contribution in [0.2, 0.25) is 5.15 Å². The topological polar surface area (TPSA) is 25.8 Å². The van der Waals surface area contributed by atoms with E-state index < -0.39 is 11.6 Å². The van der Waals surface area contributed by atoms with Gasteiger partial charge < -0.3 is 0 Å². The van der Waals surface area contributed by atoms with Gasteiger partial charge in [-0.15, -0.1) is 0 Å². The number of rotatable bonds is 0. The van der Waals surface area contributed by atoms with Gasteiger partial charge in [0.25, 0.3) is 0 Å². The number of nitrogens with zero attached hydrogens (tertiary/aromatic N) is 2. The van der Waals surface area contributed by atoms with E-state index >= 15 is 0 Å². The van der Waals surface area contributed by atoms with E-state index in [-0.39, 0.29) is 10.5 Å². The van der Waals surface area contributed by atoms with E-state index in [1.807, 2.05) is 0 Å². The highest BCUT2D eigenvalue weighted by molar-refractivity contribution is 6.34. The predicted octanol–water partition coefficient (Wildman–Crippen LogP) is 2.87. The summed E-state index contributed by atoms with van der Waals surface area (Å²) in [7, 11) is 0. The Morgan fingerprint density at radius 2 is 1.93 bits per heavy atom. The second-order valence-electron chi connectivity index (χ2n) is 2.82. The van der Waals surface area contributed by atoms with Gasteiger partial charge in [-0.3, -0.25) is 0 Å². The molecular weight excluding hydrogens is 210 g/mol. The fraction of sp³-hybridized carbons (Fsp3) is 0.111. The molecule has 0 spiro atoms. The van der Waals surface area contributed by atoms with Crippen molar-refractivity contribution in [2.45, 2.75) is 6.92 Å². The van der Waals surface area contributed by atoms with Crippen molar-refractivity contribution in [3.8, 4) is 0 Å². The molecule has 0 bridgehead atoms. The fourth-order valence-corrected chi connectivity index (χ4v) is 1.53. The number of hydrogen-bond acceptors (Lipinski definition) is 2. The molecule has 0 saturated heterocycles. The Balaban J connectivity index is 2.95. The van der Waals surface area contributed by atoms with Crippen molar-refractivity contribution in [2.24, 2.45) is 0 Å². The Hall–Kier alpha value is -1.29. The van der Waals surface area contributed by atoms with Gasteiger partial charge in [0.15, 0.2) is 11.6 Å². The highest BCUT2D eigenvalue weighted by Gasteiger charge is 2.12. The van der Waals surface area contributed by atoms with E-state index in [0.717, 1.165) is 6.07 Å². The zero-order chi connectivity index (χ0) is 10.3. The summed E-state index contributed by atoms with van der Waals surface area (Å²) in [4.78, 5) is 7.69. The molecule has 2 aromatic rings. The van der Waals surface area contributed by atoms with Crippen LogP contribution in [-0.4, -0.2) is 9.97 Å². The number of fused-ring (bicyclic) bond motifs is 1. The number of benzene rings is 1. The van der Waals surface area contributed by atoms with Crippen molar-refractivity contribution in [1.82, 2.24) is 9.97 Å². The van der Waals surface area contributed by atoms with Crippen molar-refractivity contribution in [2.75, 3.05) is 0 Å². The van der Waals surface area contributed by atoms with Crippen molar-refractivity contribution in [3.05, 3.63) is 34.7 Å². The molecule has 5 heteroatoms. The molecule has 0 aliphatic heterocycles. The Labute approximate surface area is 83.6 Å². The lowest BCUT2D eigenvalue weighted by atomic mass is 10.2. The van der Waals surface area contributed by atoms with Gasteiger partial charge in [0.2, 0.25) is 0 Å². The van der Waals surface area contributed by atoms with Crippen LogP contribution in [0.1, 0.15) is 5.82 Å². The molecule has 2 nitrogen and oxygen atoms in total. The van der Waals surface area contributed by atoms with Crippen molar-refractivity contribution in [3.63, 3.8) is 0 Å². The first-order valence-corrected chi connectivity index (χ1v) is 4.25. The predicted molar refractivity (Wildman–Crippen MR) is 49.2 cm³/mol. The quantitative estimate of drug-likeness (QED) is 0.631. The van der Waals surface area contributed by atoms with Gasteiger partial charge in [0, 0.05) is 0 Å². The summed E-state index contributed by atoms with van der Waals surface area (Å²) in [6, 6.07) is 2.38. The van der Waals surface area contributed by atoms with Crippen LogP contribution in [0.4, 0.5) is 8.78 Å². The summed E-state index contributed by atoms with van der Waals surface area (Å²) in [5.41, 5.74) is 0.307. The molecule has 0 aliphatic carbocycles. The van der Waals surface area contributed by atoms with Gasteiger partial charge in [0.05, 0.1) is 10.9 Å². The lowest BCUT2D eigenvalue weighted by molar-refractivity contribution is 0.516. The maximum absolute atomic E-state index is 13.3. The number of halogens is 3. The van der Waals surface area contributed by atoms with Crippen molar-refractivity contribution >= 4 is 22.5 Å². The van der Waals surface area contributed by atoms with Gasteiger partial charge >= 0.3 is 0 Å². The molecule has 0 atom stereocenters. The molecule has 14 heavy (non-hydrogen) atoms. The standard InChI is InChI=1S/C9H5ClF2N2/c1-4-13-6-3-2-5(11)8(12)7(6)9(10)14-4/h2-3H,1H3. The molecule has 0 unspecified atom stereocenters. The van der Waals surface area contributed by atoms with Crippen LogP contribution in [0.25, 0.3) is 10.9 Å².